The average molecular weight is 465 g/mol. The number of primary amides is 1. The molecule has 0 saturated heterocycles. The molecule has 1 aromatic heterocycles. The van der Waals surface area contributed by atoms with Crippen molar-refractivity contribution >= 4 is 16.9 Å². The van der Waals surface area contributed by atoms with E-state index in [-0.39, 0.29) is 11.8 Å². The van der Waals surface area contributed by atoms with Gasteiger partial charge in [0.15, 0.2) is 0 Å². The van der Waals surface area contributed by atoms with Gasteiger partial charge in [-0.25, -0.2) is 4.98 Å². The number of halogens is 3. The Morgan fingerprint density at radius 3 is 2.38 bits per heavy atom. The number of imidazole rings is 1. The third kappa shape index (κ3) is 4.23. The van der Waals surface area contributed by atoms with E-state index in [1.807, 2.05) is 12.1 Å². The van der Waals surface area contributed by atoms with Crippen molar-refractivity contribution in [2.45, 2.75) is 37.9 Å². The Morgan fingerprint density at radius 1 is 0.971 bits per heavy atom. The molecule has 2 N–H and O–H groups in total. The number of benzene rings is 3. The molecule has 0 unspecified atom stereocenters. The van der Waals surface area contributed by atoms with E-state index in [4.69, 9.17) is 15.5 Å². The number of nitrogens with zero attached hydrogens (tertiary/aromatic N) is 2. The first kappa shape index (κ1) is 22.0. The van der Waals surface area contributed by atoms with E-state index in [9.17, 15) is 18.0 Å². The Hall–Kier alpha value is -3.81. The molecule has 0 bridgehead atoms. The van der Waals surface area contributed by atoms with Crippen LogP contribution in [0.15, 0.2) is 66.7 Å². The first-order valence-electron chi connectivity index (χ1n) is 11.1. The maximum atomic E-state index is 13.1. The number of fused-ring (bicyclic) bond motifs is 1. The average Bonchev–Trinajstić information content (AvgIpc) is 3.46. The molecule has 5 rings (SSSR count). The molecule has 5 nitrogen and oxygen atoms in total. The quantitative estimate of drug-likeness (QED) is 0.355. The van der Waals surface area contributed by atoms with Gasteiger partial charge in [0.05, 0.1) is 16.6 Å². The Morgan fingerprint density at radius 2 is 1.68 bits per heavy atom. The topological polar surface area (TPSA) is 70.1 Å². The predicted octanol–water partition coefficient (Wildman–Crippen LogP) is 6.73. The molecule has 3 aromatic carbocycles. The third-order valence-electron chi connectivity index (χ3n) is 6.15. The highest BCUT2D eigenvalue weighted by Crippen LogP contribution is 2.38. The second kappa shape index (κ2) is 8.52. The van der Waals surface area contributed by atoms with Crippen LogP contribution in [-0.4, -0.2) is 15.5 Å². The molecule has 8 heteroatoms. The van der Waals surface area contributed by atoms with Crippen molar-refractivity contribution < 1.29 is 22.7 Å². The van der Waals surface area contributed by atoms with E-state index >= 15 is 0 Å². The molecule has 174 valence electrons. The number of aromatic nitrogens is 2. The monoisotopic (exact) mass is 465 g/mol. The summed E-state index contributed by atoms with van der Waals surface area (Å²) in [4.78, 5) is 16.5. The molecule has 1 saturated carbocycles. The van der Waals surface area contributed by atoms with E-state index < -0.39 is 17.6 Å². The van der Waals surface area contributed by atoms with Crippen LogP contribution in [0.1, 0.15) is 47.6 Å². The number of nitrogens with two attached hydrogens (primary N) is 1. The smallest absolute Gasteiger partial charge is 0.416 e. The first-order chi connectivity index (χ1) is 16.3. The highest BCUT2D eigenvalue weighted by atomic mass is 19.4. The highest BCUT2D eigenvalue weighted by Gasteiger charge is 2.30. The van der Waals surface area contributed by atoms with Gasteiger partial charge in [-0.05, 0) is 61.4 Å². The fraction of sp³-hybridized carbons (Fsp3) is 0.231. The largest absolute Gasteiger partial charge is 0.457 e. The Balaban J connectivity index is 1.56. The van der Waals surface area contributed by atoms with Crippen molar-refractivity contribution in [3.63, 3.8) is 0 Å². The number of hydrogen-bond acceptors (Lipinski definition) is 3. The lowest BCUT2D eigenvalue weighted by atomic mass is 10.1. The van der Waals surface area contributed by atoms with Crippen LogP contribution >= 0.6 is 0 Å². The zero-order valence-electron chi connectivity index (χ0n) is 18.2. The van der Waals surface area contributed by atoms with Gasteiger partial charge in [0, 0.05) is 17.2 Å². The molecule has 4 aromatic rings. The third-order valence-corrected chi connectivity index (χ3v) is 6.15. The van der Waals surface area contributed by atoms with Crippen LogP contribution in [0.25, 0.3) is 22.4 Å². The molecule has 1 heterocycles. The number of hydrogen-bond donors (Lipinski definition) is 1. The van der Waals surface area contributed by atoms with Crippen LogP contribution in [0.2, 0.25) is 0 Å². The Kier molecular flexibility index (Phi) is 5.51. The standard InChI is InChI=1S/C26H22F3N3O2/c27-26(28,29)18-6-4-10-21(15-18)34-20-9-3-5-17(13-20)25-31-22-14-16(24(30)33)11-12-23(22)32(25)19-7-1-2-8-19/h3-6,9-15,19H,1-2,7-8H2,(H2,30,33). The van der Waals surface area contributed by atoms with Crippen molar-refractivity contribution in [1.82, 2.24) is 9.55 Å². The van der Waals surface area contributed by atoms with Crippen LogP contribution in [0.4, 0.5) is 13.2 Å². The molecule has 1 aliphatic carbocycles. The van der Waals surface area contributed by atoms with E-state index in [1.165, 1.54) is 12.1 Å². The Bertz CT molecular complexity index is 1370. The van der Waals surface area contributed by atoms with Crippen molar-refractivity contribution in [2.75, 3.05) is 0 Å². The van der Waals surface area contributed by atoms with Gasteiger partial charge >= 0.3 is 6.18 Å². The van der Waals surface area contributed by atoms with Crippen molar-refractivity contribution in [1.29, 1.82) is 0 Å². The molecule has 0 atom stereocenters. The number of ether oxygens (including phenoxy) is 1. The van der Waals surface area contributed by atoms with Gasteiger partial charge in [0.25, 0.3) is 0 Å². The lowest BCUT2D eigenvalue weighted by Crippen LogP contribution is -2.10. The van der Waals surface area contributed by atoms with Crippen molar-refractivity contribution in [3.05, 3.63) is 77.9 Å². The Labute approximate surface area is 194 Å². The fourth-order valence-electron chi connectivity index (χ4n) is 4.56. The van der Waals surface area contributed by atoms with Gasteiger partial charge in [-0.15, -0.1) is 0 Å². The van der Waals surface area contributed by atoms with E-state index in [0.717, 1.165) is 54.7 Å². The van der Waals surface area contributed by atoms with Crippen LogP contribution in [0.3, 0.4) is 0 Å². The van der Waals surface area contributed by atoms with Crippen LogP contribution in [0, 0.1) is 0 Å². The van der Waals surface area contributed by atoms with E-state index in [2.05, 4.69) is 4.57 Å². The molecule has 0 spiro atoms. The molecule has 1 aliphatic rings. The zero-order valence-corrected chi connectivity index (χ0v) is 18.2. The van der Waals surface area contributed by atoms with Gasteiger partial charge in [-0.2, -0.15) is 13.2 Å². The first-order valence-corrected chi connectivity index (χ1v) is 11.1. The summed E-state index contributed by atoms with van der Waals surface area (Å²) in [6.45, 7) is 0. The molecular formula is C26H22F3N3O2. The lowest BCUT2D eigenvalue weighted by Gasteiger charge is -2.17. The summed E-state index contributed by atoms with van der Waals surface area (Å²) in [5, 5.41) is 0. The molecule has 0 aliphatic heterocycles. The SMILES string of the molecule is NC(=O)c1ccc2c(c1)nc(-c1cccc(Oc3cccc(C(F)(F)F)c3)c1)n2C1CCCC1. The summed E-state index contributed by atoms with van der Waals surface area (Å²) in [7, 11) is 0. The number of amides is 1. The fourth-order valence-corrected chi connectivity index (χ4v) is 4.56. The maximum Gasteiger partial charge on any atom is 0.416 e. The minimum Gasteiger partial charge on any atom is -0.457 e. The minimum atomic E-state index is -4.45. The summed E-state index contributed by atoms with van der Waals surface area (Å²) in [6.07, 6.45) is -0.145. The summed E-state index contributed by atoms with van der Waals surface area (Å²) < 4.78 is 47.2. The molecule has 0 radical (unpaired) electrons. The van der Waals surface area contributed by atoms with Gasteiger partial charge < -0.3 is 15.0 Å². The second-order valence-electron chi connectivity index (χ2n) is 8.47. The number of carbonyl (C=O) groups excluding carboxylic acids is 1. The van der Waals surface area contributed by atoms with Gasteiger partial charge in [0.1, 0.15) is 17.3 Å². The van der Waals surface area contributed by atoms with E-state index in [1.54, 1.807) is 30.3 Å². The maximum absolute atomic E-state index is 13.1. The molecule has 1 fully saturated rings. The summed E-state index contributed by atoms with van der Waals surface area (Å²) in [5.74, 6) is 0.704. The summed E-state index contributed by atoms with van der Waals surface area (Å²) in [5.41, 5.74) is 7.42. The van der Waals surface area contributed by atoms with Crippen LogP contribution in [-0.2, 0) is 6.18 Å². The molecule has 1 amide bonds. The molecule has 34 heavy (non-hydrogen) atoms. The predicted molar refractivity (Wildman–Crippen MR) is 123 cm³/mol. The van der Waals surface area contributed by atoms with Crippen LogP contribution < -0.4 is 10.5 Å². The zero-order chi connectivity index (χ0) is 23.9. The van der Waals surface area contributed by atoms with Crippen molar-refractivity contribution in [2.24, 2.45) is 5.73 Å². The van der Waals surface area contributed by atoms with Crippen molar-refractivity contribution in [3.8, 4) is 22.9 Å². The van der Waals surface area contributed by atoms with Gasteiger partial charge in [-0.3, -0.25) is 4.79 Å². The molecular weight excluding hydrogens is 443 g/mol. The van der Waals surface area contributed by atoms with E-state index in [0.29, 0.717) is 16.8 Å². The van der Waals surface area contributed by atoms with Gasteiger partial charge in [0.2, 0.25) is 5.91 Å². The summed E-state index contributed by atoms with van der Waals surface area (Å²) in [6, 6.07) is 17.5. The van der Waals surface area contributed by atoms with Gasteiger partial charge in [-0.1, -0.05) is 31.0 Å². The normalized spacial score (nSPS) is 14.6. The lowest BCUT2D eigenvalue weighted by molar-refractivity contribution is -0.137. The number of rotatable bonds is 5. The van der Waals surface area contributed by atoms with Crippen LogP contribution in [0.5, 0.6) is 11.5 Å². The summed E-state index contributed by atoms with van der Waals surface area (Å²) >= 11 is 0. The second-order valence-corrected chi connectivity index (χ2v) is 8.47. The number of carbonyl (C=O) groups is 1. The number of alkyl halides is 3. The highest BCUT2D eigenvalue weighted by molar-refractivity contribution is 5.96. The minimum absolute atomic E-state index is 0.0994.